The summed E-state index contributed by atoms with van der Waals surface area (Å²) in [7, 11) is 1.81. The molecule has 2 aliphatic rings. The molecule has 9 heteroatoms. The lowest BCUT2D eigenvalue weighted by molar-refractivity contribution is -0.140. The Morgan fingerprint density at radius 3 is 2.97 bits per heavy atom. The van der Waals surface area contributed by atoms with E-state index in [2.05, 4.69) is 27.9 Å². The lowest BCUT2D eigenvalue weighted by atomic mass is 9.79. The number of carbonyl (C=O) groups excluding carboxylic acids is 1. The van der Waals surface area contributed by atoms with Gasteiger partial charge in [-0.05, 0) is 68.2 Å². The predicted molar refractivity (Wildman–Crippen MR) is 136 cm³/mol. The largest absolute Gasteiger partial charge is 0.480 e. The Labute approximate surface area is 210 Å². The lowest BCUT2D eigenvalue weighted by Crippen LogP contribution is -2.42. The molecule has 5 rings (SSSR count). The van der Waals surface area contributed by atoms with Crippen molar-refractivity contribution in [1.29, 1.82) is 0 Å². The van der Waals surface area contributed by atoms with Crippen LogP contribution in [-0.4, -0.2) is 57.0 Å². The van der Waals surface area contributed by atoms with Gasteiger partial charge in [-0.15, -0.1) is 0 Å². The number of aromatic nitrogens is 3. The molecule has 0 bridgehead atoms. The Kier molecular flexibility index (Phi) is 7.18. The van der Waals surface area contributed by atoms with Crippen molar-refractivity contribution in [3.8, 4) is 0 Å². The van der Waals surface area contributed by atoms with Crippen LogP contribution in [-0.2, 0) is 29.4 Å². The van der Waals surface area contributed by atoms with E-state index in [9.17, 15) is 14.7 Å². The minimum Gasteiger partial charge on any atom is -0.480 e. The standard InChI is InChI=1S/C27H33N5O4/c1-32-16-20-6-5-19(15-24(20)31-32)26(33)30-23(27(34)35)10-12-36-22-13-17(14-22)4-8-21-9-7-18-3-2-11-28-25(18)29-21/h5-7,9,15-17,22-23H,2-4,8,10-14H2,1H3,(H,28,29)(H,30,33)(H,34,35). The van der Waals surface area contributed by atoms with Gasteiger partial charge in [0.05, 0.1) is 11.6 Å². The molecule has 1 atom stereocenters. The number of hydrogen-bond acceptors (Lipinski definition) is 6. The number of anilines is 1. The first-order valence-corrected chi connectivity index (χ1v) is 12.8. The van der Waals surface area contributed by atoms with Crippen LogP contribution in [0.3, 0.4) is 0 Å². The first-order chi connectivity index (χ1) is 17.4. The summed E-state index contributed by atoms with van der Waals surface area (Å²) in [6.45, 7) is 1.30. The number of pyridine rings is 1. The second-order valence-electron chi connectivity index (χ2n) is 9.94. The lowest BCUT2D eigenvalue weighted by Gasteiger charge is -2.35. The van der Waals surface area contributed by atoms with E-state index in [0.29, 0.717) is 23.6 Å². The molecule has 0 spiro atoms. The van der Waals surface area contributed by atoms with Crippen molar-refractivity contribution in [1.82, 2.24) is 20.1 Å². The maximum absolute atomic E-state index is 12.6. The average molecular weight is 492 g/mol. The van der Waals surface area contributed by atoms with Crippen molar-refractivity contribution < 1.29 is 19.4 Å². The van der Waals surface area contributed by atoms with Crippen LogP contribution in [0.4, 0.5) is 5.82 Å². The van der Waals surface area contributed by atoms with E-state index in [1.54, 1.807) is 16.8 Å². The molecular formula is C27H33N5O4. The van der Waals surface area contributed by atoms with Crippen molar-refractivity contribution >= 4 is 28.6 Å². The zero-order chi connectivity index (χ0) is 25.1. The molecule has 1 saturated carbocycles. The van der Waals surface area contributed by atoms with Gasteiger partial charge in [-0.25, -0.2) is 9.78 Å². The van der Waals surface area contributed by atoms with Crippen LogP contribution < -0.4 is 10.6 Å². The maximum atomic E-state index is 12.6. The second kappa shape index (κ2) is 10.7. The molecule has 3 heterocycles. The van der Waals surface area contributed by atoms with Crippen LogP contribution in [0.2, 0.25) is 0 Å². The van der Waals surface area contributed by atoms with Crippen LogP contribution >= 0.6 is 0 Å². The van der Waals surface area contributed by atoms with E-state index in [1.165, 1.54) is 12.0 Å². The first-order valence-electron chi connectivity index (χ1n) is 12.8. The van der Waals surface area contributed by atoms with Crippen LogP contribution in [0.1, 0.15) is 53.7 Å². The van der Waals surface area contributed by atoms with Gasteiger partial charge in [-0.3, -0.25) is 9.48 Å². The van der Waals surface area contributed by atoms with E-state index in [1.807, 2.05) is 19.3 Å². The SMILES string of the molecule is Cn1cc2ccc(C(=O)NC(CCOC3CC(CCc4ccc5c(n4)NCCC5)C3)C(=O)O)cc2n1. The minimum atomic E-state index is -1.07. The Hall–Kier alpha value is -3.46. The van der Waals surface area contributed by atoms with E-state index < -0.39 is 17.9 Å². The molecular weight excluding hydrogens is 458 g/mol. The number of fused-ring (bicyclic) bond motifs is 2. The summed E-state index contributed by atoms with van der Waals surface area (Å²) in [5, 5.41) is 20.8. The molecule has 2 aromatic heterocycles. The zero-order valence-corrected chi connectivity index (χ0v) is 20.6. The first kappa shape index (κ1) is 24.2. The molecule has 1 aromatic carbocycles. The molecule has 0 radical (unpaired) electrons. The van der Waals surface area contributed by atoms with Gasteiger partial charge in [0.25, 0.3) is 5.91 Å². The van der Waals surface area contributed by atoms with Gasteiger partial charge >= 0.3 is 5.97 Å². The average Bonchev–Trinajstić information content (AvgIpc) is 3.22. The molecule has 1 aliphatic heterocycles. The van der Waals surface area contributed by atoms with Crippen molar-refractivity contribution in [2.75, 3.05) is 18.5 Å². The highest BCUT2D eigenvalue weighted by Crippen LogP contribution is 2.34. The van der Waals surface area contributed by atoms with Crippen LogP contribution in [0.25, 0.3) is 10.9 Å². The number of benzene rings is 1. The fourth-order valence-electron chi connectivity index (χ4n) is 5.04. The smallest absolute Gasteiger partial charge is 0.326 e. The second-order valence-corrected chi connectivity index (χ2v) is 9.94. The van der Waals surface area contributed by atoms with Gasteiger partial charge in [0.15, 0.2) is 0 Å². The number of hydrogen-bond donors (Lipinski definition) is 3. The molecule has 9 nitrogen and oxygen atoms in total. The highest BCUT2D eigenvalue weighted by Gasteiger charge is 2.30. The molecule has 1 amide bonds. The fraction of sp³-hybridized carbons (Fsp3) is 0.481. The summed E-state index contributed by atoms with van der Waals surface area (Å²) < 4.78 is 7.59. The number of aliphatic carboxylic acids is 1. The highest BCUT2D eigenvalue weighted by molar-refractivity contribution is 5.99. The van der Waals surface area contributed by atoms with E-state index in [4.69, 9.17) is 9.72 Å². The Bertz CT molecular complexity index is 1250. The molecule has 1 aliphatic carbocycles. The molecule has 36 heavy (non-hydrogen) atoms. The number of ether oxygens (including phenoxy) is 1. The number of carboxylic acid groups (broad SMARTS) is 1. The van der Waals surface area contributed by atoms with Crippen LogP contribution in [0, 0.1) is 5.92 Å². The summed E-state index contributed by atoms with van der Waals surface area (Å²) >= 11 is 0. The van der Waals surface area contributed by atoms with E-state index in [0.717, 1.165) is 55.5 Å². The number of aryl methyl sites for hydroxylation is 3. The molecule has 190 valence electrons. The third kappa shape index (κ3) is 5.67. The number of rotatable bonds is 10. The van der Waals surface area contributed by atoms with Crippen LogP contribution in [0.5, 0.6) is 0 Å². The topological polar surface area (TPSA) is 118 Å². The highest BCUT2D eigenvalue weighted by atomic mass is 16.5. The monoisotopic (exact) mass is 491 g/mol. The molecule has 1 unspecified atom stereocenters. The Morgan fingerprint density at radius 2 is 2.14 bits per heavy atom. The third-order valence-electron chi connectivity index (χ3n) is 7.20. The number of amides is 1. The number of nitrogens with zero attached hydrogens (tertiary/aromatic N) is 3. The van der Waals surface area contributed by atoms with Crippen molar-refractivity contribution in [2.45, 2.75) is 57.1 Å². The minimum absolute atomic E-state index is 0.157. The summed E-state index contributed by atoms with van der Waals surface area (Å²) in [5.41, 5.74) is 3.53. The Morgan fingerprint density at radius 1 is 1.28 bits per heavy atom. The zero-order valence-electron chi connectivity index (χ0n) is 20.6. The number of carbonyl (C=O) groups is 2. The predicted octanol–water partition coefficient (Wildman–Crippen LogP) is 3.33. The summed E-state index contributed by atoms with van der Waals surface area (Å²) in [6, 6.07) is 8.50. The van der Waals surface area contributed by atoms with Gasteiger partial charge in [0, 0.05) is 49.5 Å². The van der Waals surface area contributed by atoms with E-state index >= 15 is 0 Å². The van der Waals surface area contributed by atoms with Gasteiger partial charge < -0.3 is 20.5 Å². The third-order valence-corrected chi connectivity index (χ3v) is 7.20. The number of carboxylic acids is 1. The van der Waals surface area contributed by atoms with Crippen molar-refractivity contribution in [3.63, 3.8) is 0 Å². The van der Waals surface area contributed by atoms with Crippen LogP contribution in [0.15, 0.2) is 36.5 Å². The summed E-state index contributed by atoms with van der Waals surface area (Å²) in [5.74, 6) is 0.164. The van der Waals surface area contributed by atoms with Gasteiger partial charge in [-0.1, -0.05) is 12.1 Å². The summed E-state index contributed by atoms with van der Waals surface area (Å²) in [4.78, 5) is 29.1. The van der Waals surface area contributed by atoms with Crippen molar-refractivity contribution in [2.24, 2.45) is 13.0 Å². The number of nitrogens with one attached hydrogen (secondary N) is 2. The summed E-state index contributed by atoms with van der Waals surface area (Å²) in [6.07, 6.45) is 8.52. The van der Waals surface area contributed by atoms with E-state index in [-0.39, 0.29) is 12.5 Å². The van der Waals surface area contributed by atoms with Gasteiger partial charge in [-0.2, -0.15) is 5.10 Å². The molecule has 3 aromatic rings. The van der Waals surface area contributed by atoms with Gasteiger partial charge in [0.1, 0.15) is 11.9 Å². The fourth-order valence-corrected chi connectivity index (χ4v) is 5.04. The van der Waals surface area contributed by atoms with Gasteiger partial charge in [0.2, 0.25) is 0 Å². The quantitative estimate of drug-likeness (QED) is 0.398. The molecule has 3 N–H and O–H groups in total. The normalized spacial score (nSPS) is 19.7. The molecule has 0 saturated heterocycles. The van der Waals surface area contributed by atoms with Crippen molar-refractivity contribution in [3.05, 3.63) is 53.3 Å². The maximum Gasteiger partial charge on any atom is 0.326 e. The molecule has 1 fully saturated rings. The Balaban J connectivity index is 1.03.